The molecule has 0 amide bonds. The van der Waals surface area contributed by atoms with Gasteiger partial charge in [0, 0.05) is 12.7 Å². The summed E-state index contributed by atoms with van der Waals surface area (Å²) in [5.41, 5.74) is 1.69. The van der Waals surface area contributed by atoms with E-state index in [4.69, 9.17) is 10.00 Å². The van der Waals surface area contributed by atoms with Crippen molar-refractivity contribution in [3.63, 3.8) is 0 Å². The van der Waals surface area contributed by atoms with Gasteiger partial charge >= 0.3 is 0 Å². The Kier molecular flexibility index (Phi) is 3.67. The first-order chi connectivity index (χ1) is 9.15. The number of halogens is 1. The number of anilines is 2. The van der Waals surface area contributed by atoms with Crippen molar-refractivity contribution in [3.05, 3.63) is 53.8 Å². The highest BCUT2D eigenvalue weighted by Gasteiger charge is 2.11. The van der Waals surface area contributed by atoms with Crippen LogP contribution in [0.3, 0.4) is 0 Å². The van der Waals surface area contributed by atoms with Crippen molar-refractivity contribution in [1.29, 1.82) is 5.26 Å². The van der Waals surface area contributed by atoms with Crippen LogP contribution in [0.5, 0.6) is 5.75 Å². The zero-order valence-corrected chi connectivity index (χ0v) is 10.7. The van der Waals surface area contributed by atoms with Gasteiger partial charge in [-0.05, 0) is 30.3 Å². The Bertz CT molecular complexity index is 634. The lowest BCUT2D eigenvalue weighted by Crippen LogP contribution is -2.11. The van der Waals surface area contributed by atoms with E-state index in [1.807, 2.05) is 30.3 Å². The quantitative estimate of drug-likeness (QED) is 0.843. The van der Waals surface area contributed by atoms with Crippen LogP contribution in [0.1, 0.15) is 5.56 Å². The first-order valence-electron chi connectivity index (χ1n) is 5.73. The number of nitriles is 1. The molecule has 0 aliphatic rings. The molecule has 4 heteroatoms. The molecule has 0 aliphatic carbocycles. The maximum absolute atomic E-state index is 13.5. The van der Waals surface area contributed by atoms with Gasteiger partial charge < -0.3 is 9.64 Å². The summed E-state index contributed by atoms with van der Waals surface area (Å²) >= 11 is 0. The second-order valence-electron chi connectivity index (χ2n) is 4.04. The van der Waals surface area contributed by atoms with Crippen LogP contribution in [-0.4, -0.2) is 14.2 Å². The number of rotatable bonds is 3. The lowest BCUT2D eigenvalue weighted by Gasteiger charge is -2.22. The molecular weight excluding hydrogens is 243 g/mol. The van der Waals surface area contributed by atoms with E-state index in [0.717, 1.165) is 5.69 Å². The van der Waals surface area contributed by atoms with Gasteiger partial charge in [-0.3, -0.25) is 0 Å². The van der Waals surface area contributed by atoms with E-state index in [1.165, 1.54) is 12.1 Å². The molecule has 0 unspecified atom stereocenters. The van der Waals surface area contributed by atoms with Gasteiger partial charge in [-0.2, -0.15) is 5.26 Å². The monoisotopic (exact) mass is 256 g/mol. The number of ether oxygens (including phenoxy) is 1. The Morgan fingerprint density at radius 2 is 1.95 bits per heavy atom. The molecule has 3 nitrogen and oxygen atoms in total. The minimum absolute atomic E-state index is 0.289. The van der Waals surface area contributed by atoms with Gasteiger partial charge in [0.05, 0.1) is 24.4 Å². The van der Waals surface area contributed by atoms with Crippen molar-refractivity contribution in [2.75, 3.05) is 19.1 Å². The predicted octanol–water partition coefficient (Wildman–Crippen LogP) is 3.47. The fraction of sp³-hybridized carbons (Fsp3) is 0.133. The maximum atomic E-state index is 13.5. The first-order valence-corrected chi connectivity index (χ1v) is 5.73. The van der Waals surface area contributed by atoms with E-state index in [2.05, 4.69) is 0 Å². The predicted molar refractivity (Wildman–Crippen MR) is 72.2 cm³/mol. The van der Waals surface area contributed by atoms with Gasteiger partial charge in [-0.25, -0.2) is 4.39 Å². The van der Waals surface area contributed by atoms with E-state index < -0.39 is 5.82 Å². The van der Waals surface area contributed by atoms with Crippen LogP contribution in [-0.2, 0) is 0 Å². The van der Waals surface area contributed by atoms with Crippen LogP contribution in [0.4, 0.5) is 15.8 Å². The third-order valence-corrected chi connectivity index (χ3v) is 2.85. The lowest BCUT2D eigenvalue weighted by atomic mass is 10.2. The van der Waals surface area contributed by atoms with E-state index >= 15 is 0 Å². The highest BCUT2D eigenvalue weighted by atomic mass is 19.1. The molecule has 2 rings (SSSR count). The van der Waals surface area contributed by atoms with E-state index in [0.29, 0.717) is 11.4 Å². The Morgan fingerprint density at radius 1 is 1.21 bits per heavy atom. The second-order valence-corrected chi connectivity index (χ2v) is 4.04. The van der Waals surface area contributed by atoms with Gasteiger partial charge in [-0.15, -0.1) is 0 Å². The highest BCUT2D eigenvalue weighted by Crippen LogP contribution is 2.32. The summed E-state index contributed by atoms with van der Waals surface area (Å²) in [4.78, 5) is 1.78. The standard InChI is InChI=1S/C15H13FN2O/c1-18(14-5-3-4-6-15(14)19-2)13-8-11(10-17)7-12(16)9-13/h3-9H,1-2H3. The van der Waals surface area contributed by atoms with Crippen LogP contribution in [0, 0.1) is 17.1 Å². The summed E-state index contributed by atoms with van der Waals surface area (Å²) in [6, 6.07) is 13.6. The zero-order valence-electron chi connectivity index (χ0n) is 10.7. The number of hydrogen-bond acceptors (Lipinski definition) is 3. The molecule has 0 aromatic heterocycles. The molecule has 0 heterocycles. The van der Waals surface area contributed by atoms with Crippen LogP contribution < -0.4 is 9.64 Å². The fourth-order valence-electron chi connectivity index (χ4n) is 1.88. The largest absolute Gasteiger partial charge is 0.495 e. The van der Waals surface area contributed by atoms with Crippen molar-refractivity contribution in [3.8, 4) is 11.8 Å². The zero-order chi connectivity index (χ0) is 13.8. The summed E-state index contributed by atoms with van der Waals surface area (Å²) in [5, 5.41) is 8.88. The summed E-state index contributed by atoms with van der Waals surface area (Å²) in [6.07, 6.45) is 0. The van der Waals surface area contributed by atoms with Crippen molar-refractivity contribution < 1.29 is 9.13 Å². The molecule has 0 aliphatic heterocycles. The van der Waals surface area contributed by atoms with Gasteiger partial charge in [0.15, 0.2) is 0 Å². The van der Waals surface area contributed by atoms with Crippen molar-refractivity contribution in [2.24, 2.45) is 0 Å². The fourth-order valence-corrected chi connectivity index (χ4v) is 1.88. The van der Waals surface area contributed by atoms with Crippen LogP contribution >= 0.6 is 0 Å². The van der Waals surface area contributed by atoms with E-state index in [9.17, 15) is 4.39 Å². The molecule has 0 saturated heterocycles. The minimum Gasteiger partial charge on any atom is -0.495 e. The molecular formula is C15H13FN2O. The normalized spacial score (nSPS) is 9.79. The average molecular weight is 256 g/mol. The summed E-state index contributed by atoms with van der Waals surface area (Å²) in [5.74, 6) is 0.253. The third-order valence-electron chi connectivity index (χ3n) is 2.85. The Labute approximate surface area is 111 Å². The summed E-state index contributed by atoms with van der Waals surface area (Å²) in [6.45, 7) is 0. The number of hydrogen-bond donors (Lipinski definition) is 0. The number of nitrogens with zero attached hydrogens (tertiary/aromatic N) is 2. The minimum atomic E-state index is -0.434. The van der Waals surface area contributed by atoms with Crippen molar-refractivity contribution in [2.45, 2.75) is 0 Å². The van der Waals surface area contributed by atoms with Gasteiger partial charge in [0.2, 0.25) is 0 Å². The smallest absolute Gasteiger partial charge is 0.142 e. The SMILES string of the molecule is COc1ccccc1N(C)c1cc(F)cc(C#N)c1. The molecule has 0 atom stereocenters. The number of para-hydroxylation sites is 2. The second kappa shape index (κ2) is 5.40. The Morgan fingerprint density at radius 3 is 2.63 bits per heavy atom. The molecule has 96 valence electrons. The molecule has 0 fully saturated rings. The molecule has 0 bridgehead atoms. The molecule has 0 N–H and O–H groups in total. The average Bonchev–Trinajstić information content (AvgIpc) is 2.45. The Balaban J connectivity index is 2.47. The molecule has 2 aromatic rings. The van der Waals surface area contributed by atoms with Gasteiger partial charge in [0.1, 0.15) is 11.6 Å². The number of methoxy groups -OCH3 is 1. The first kappa shape index (κ1) is 12.9. The summed E-state index contributed by atoms with van der Waals surface area (Å²) in [7, 11) is 3.38. The van der Waals surface area contributed by atoms with Gasteiger partial charge in [-0.1, -0.05) is 12.1 Å². The van der Waals surface area contributed by atoms with E-state index in [-0.39, 0.29) is 5.56 Å². The van der Waals surface area contributed by atoms with Crippen LogP contribution in [0.25, 0.3) is 0 Å². The van der Waals surface area contributed by atoms with Crippen molar-refractivity contribution >= 4 is 11.4 Å². The van der Waals surface area contributed by atoms with Crippen molar-refractivity contribution in [1.82, 2.24) is 0 Å². The number of benzene rings is 2. The molecule has 0 spiro atoms. The molecule has 0 radical (unpaired) electrons. The summed E-state index contributed by atoms with van der Waals surface area (Å²) < 4.78 is 18.7. The lowest BCUT2D eigenvalue weighted by molar-refractivity contribution is 0.415. The van der Waals surface area contributed by atoms with Gasteiger partial charge in [0.25, 0.3) is 0 Å². The topological polar surface area (TPSA) is 36.3 Å². The third kappa shape index (κ3) is 2.66. The van der Waals surface area contributed by atoms with E-state index in [1.54, 1.807) is 25.1 Å². The Hall–Kier alpha value is -2.54. The maximum Gasteiger partial charge on any atom is 0.142 e. The molecule has 0 saturated carbocycles. The van der Waals surface area contributed by atoms with Crippen LogP contribution in [0.15, 0.2) is 42.5 Å². The molecule has 19 heavy (non-hydrogen) atoms. The molecule has 2 aromatic carbocycles. The highest BCUT2D eigenvalue weighted by molar-refractivity contribution is 5.69. The van der Waals surface area contributed by atoms with Crippen LogP contribution in [0.2, 0.25) is 0 Å².